The first kappa shape index (κ1) is 28.4. The molecule has 1 heterocycles. The number of amides is 1. The van der Waals surface area contributed by atoms with E-state index in [1.807, 2.05) is 66.7 Å². The first-order valence-electron chi connectivity index (χ1n) is 11.9. The van der Waals surface area contributed by atoms with E-state index in [2.05, 4.69) is 0 Å². The molecule has 1 unspecified atom stereocenters. The number of methoxy groups -OCH3 is 1. The predicted molar refractivity (Wildman–Crippen MR) is 148 cm³/mol. The van der Waals surface area contributed by atoms with Gasteiger partial charge in [0.1, 0.15) is 30.2 Å². The van der Waals surface area contributed by atoms with Crippen LogP contribution in [-0.4, -0.2) is 52.2 Å². The van der Waals surface area contributed by atoms with Gasteiger partial charge in [0.05, 0.1) is 0 Å². The van der Waals surface area contributed by atoms with Crippen LogP contribution in [0.2, 0.25) is 0 Å². The van der Waals surface area contributed by atoms with E-state index < -0.39 is 18.4 Å². The van der Waals surface area contributed by atoms with Crippen LogP contribution >= 0.6 is 24.0 Å². The molecule has 0 saturated carbocycles. The van der Waals surface area contributed by atoms with E-state index in [1.54, 1.807) is 13.2 Å². The lowest BCUT2D eigenvalue weighted by Crippen LogP contribution is -2.38. The molecule has 1 N–H and O–H groups in total. The summed E-state index contributed by atoms with van der Waals surface area (Å²) in [5.74, 6) is 0.0259. The molecule has 1 aliphatic rings. The van der Waals surface area contributed by atoms with Gasteiger partial charge in [-0.05, 0) is 36.1 Å². The lowest BCUT2D eigenvalue weighted by atomic mass is 10.1. The Morgan fingerprint density at radius 1 is 1.05 bits per heavy atom. The zero-order valence-electron chi connectivity index (χ0n) is 20.7. The maximum Gasteiger partial charge on any atom is 0.323 e. The average molecular weight is 542 g/mol. The van der Waals surface area contributed by atoms with Crippen molar-refractivity contribution in [3.05, 3.63) is 95.5 Å². The first-order valence-corrected chi connectivity index (χ1v) is 13.3. The summed E-state index contributed by atoms with van der Waals surface area (Å²) in [5, 5.41) is 9.29. The van der Waals surface area contributed by atoms with Gasteiger partial charge in [-0.1, -0.05) is 84.6 Å². The molecule has 9 heteroatoms. The molecule has 37 heavy (non-hydrogen) atoms. The minimum Gasteiger partial charge on any atom is -0.487 e. The predicted octanol–water partition coefficient (Wildman–Crippen LogP) is 5.49. The van der Waals surface area contributed by atoms with Gasteiger partial charge in [0.2, 0.25) is 5.91 Å². The van der Waals surface area contributed by atoms with E-state index in [4.69, 9.17) is 26.4 Å². The van der Waals surface area contributed by atoms with E-state index in [0.29, 0.717) is 23.7 Å². The van der Waals surface area contributed by atoms with Crippen LogP contribution in [0.15, 0.2) is 84.3 Å². The zero-order valence-corrected chi connectivity index (χ0v) is 22.3. The maximum atomic E-state index is 13.0. The molecule has 1 aliphatic heterocycles. The largest absolute Gasteiger partial charge is 0.487 e. The van der Waals surface area contributed by atoms with Crippen molar-refractivity contribution >= 4 is 40.2 Å². The summed E-state index contributed by atoms with van der Waals surface area (Å²) in [6.45, 7) is 0.0435. The Morgan fingerprint density at radius 3 is 2.41 bits per heavy atom. The summed E-state index contributed by atoms with van der Waals surface area (Å²) >= 11 is 6.65. The normalized spacial score (nSPS) is 18.9. The maximum absolute atomic E-state index is 13.0. The number of hydrogen-bond donors (Lipinski definition) is 1. The molecular formula is C28H31NO6S2. The van der Waals surface area contributed by atoms with Gasteiger partial charge in [-0.2, -0.15) is 0 Å². The quantitative estimate of drug-likeness (QED) is 0.395. The summed E-state index contributed by atoms with van der Waals surface area (Å²) in [5.41, 5.74) is 1.95. The van der Waals surface area contributed by atoms with E-state index in [-0.39, 0.29) is 30.1 Å². The molecule has 0 radical (unpaired) electrons. The Morgan fingerprint density at radius 2 is 1.73 bits per heavy atom. The number of ether oxygens (including phenoxy) is 3. The third-order valence-electron chi connectivity index (χ3n) is 5.51. The van der Waals surface area contributed by atoms with Gasteiger partial charge in [0.15, 0.2) is 11.5 Å². The van der Waals surface area contributed by atoms with Crippen molar-refractivity contribution in [1.82, 2.24) is 4.90 Å². The third kappa shape index (κ3) is 9.35. The van der Waals surface area contributed by atoms with E-state index in [9.17, 15) is 14.7 Å². The van der Waals surface area contributed by atoms with Crippen molar-refractivity contribution in [1.29, 1.82) is 0 Å². The van der Waals surface area contributed by atoms with Crippen LogP contribution in [0.1, 0.15) is 36.5 Å². The molecule has 0 fully saturated rings. The van der Waals surface area contributed by atoms with Crippen LogP contribution in [0.5, 0.6) is 0 Å². The molecule has 0 bridgehead atoms. The lowest BCUT2D eigenvalue weighted by molar-refractivity contribution is -0.141. The second kappa shape index (κ2) is 15.2. The number of carbonyl (C=O) groups excluding carboxylic acids is 1. The Balaban J connectivity index is 1.86. The number of thiocarbonyl (C=S) groups is 1. The minimum absolute atomic E-state index is 0.0921. The van der Waals surface area contributed by atoms with Gasteiger partial charge in [0.25, 0.3) is 0 Å². The molecular weight excluding hydrogens is 510 g/mol. The van der Waals surface area contributed by atoms with Gasteiger partial charge in [0, 0.05) is 19.3 Å². The molecule has 2 aromatic rings. The average Bonchev–Trinajstić information content (AvgIpc) is 2.91. The van der Waals surface area contributed by atoms with Crippen LogP contribution < -0.4 is 0 Å². The minimum atomic E-state index is -1.12. The fraction of sp³-hybridized carbons (Fsp3) is 0.321. The second-order valence-corrected chi connectivity index (χ2v) is 9.92. The highest BCUT2D eigenvalue weighted by Crippen LogP contribution is 2.24. The number of aliphatic carboxylic acids is 1. The lowest BCUT2D eigenvalue weighted by Gasteiger charge is -2.22. The van der Waals surface area contributed by atoms with Gasteiger partial charge in [-0.25, -0.2) is 0 Å². The number of carboxylic acids is 1. The van der Waals surface area contributed by atoms with Gasteiger partial charge >= 0.3 is 5.97 Å². The summed E-state index contributed by atoms with van der Waals surface area (Å²) in [6, 6.07) is 19.5. The van der Waals surface area contributed by atoms with Crippen LogP contribution in [0, 0.1) is 0 Å². The van der Waals surface area contributed by atoms with E-state index in [1.165, 1.54) is 11.8 Å². The van der Waals surface area contributed by atoms with E-state index in [0.717, 1.165) is 22.4 Å². The van der Waals surface area contributed by atoms with Crippen molar-refractivity contribution in [2.24, 2.45) is 0 Å². The smallest absolute Gasteiger partial charge is 0.323 e. The molecule has 1 atom stereocenters. The Labute approximate surface area is 227 Å². The van der Waals surface area contributed by atoms with Crippen molar-refractivity contribution in [2.45, 2.75) is 32.0 Å². The monoisotopic (exact) mass is 541 g/mol. The van der Waals surface area contributed by atoms with Crippen molar-refractivity contribution in [2.75, 3.05) is 26.0 Å². The molecule has 196 valence electrons. The molecule has 7 nitrogen and oxygen atoms in total. The van der Waals surface area contributed by atoms with Gasteiger partial charge in [-0.15, -0.1) is 0 Å². The highest BCUT2D eigenvalue weighted by molar-refractivity contribution is 8.22. The number of allylic oxidation sites excluding steroid dienone is 1. The first-order chi connectivity index (χ1) is 18.0. The van der Waals surface area contributed by atoms with Gasteiger partial charge in [-0.3, -0.25) is 14.5 Å². The van der Waals surface area contributed by atoms with Crippen molar-refractivity contribution in [3.8, 4) is 0 Å². The molecule has 0 spiro atoms. The topological polar surface area (TPSA) is 85.3 Å². The summed E-state index contributed by atoms with van der Waals surface area (Å²) in [4.78, 5) is 25.5. The number of rotatable bonds is 10. The van der Waals surface area contributed by atoms with Crippen LogP contribution in [0.3, 0.4) is 0 Å². The molecule has 0 aliphatic carbocycles. The number of carbonyl (C=O) groups is 2. The Bertz CT molecular complexity index is 1100. The summed E-state index contributed by atoms with van der Waals surface area (Å²) in [7, 11) is 1.63. The standard InChI is InChI=1S/C28H31NO6S2/c1-33-25(22-12-6-3-7-13-22)20-35-23-14-8-9-17-37-28(36)29(18-27(31)32)26(30)16-15-24(23)34-19-21-10-4-2-5-11-21/h2-7,10-15,25H,8-9,16-20H2,1H3,(H,31,32)/b23-14+,24-15+. The molecule has 1 amide bonds. The SMILES string of the molecule is COC(COC1=C/CCCSC(=S)N(CC(=O)O)C(=O)C/C=C\1OCc1ccccc1)c1ccccc1. The number of hydrogen-bond acceptors (Lipinski definition) is 7. The van der Waals surface area contributed by atoms with Crippen molar-refractivity contribution in [3.63, 3.8) is 0 Å². The number of carboxylic acid groups (broad SMARTS) is 1. The van der Waals surface area contributed by atoms with Crippen molar-refractivity contribution < 1.29 is 28.9 Å². The van der Waals surface area contributed by atoms with Crippen LogP contribution in [-0.2, 0) is 30.4 Å². The zero-order chi connectivity index (χ0) is 26.5. The third-order valence-corrected chi connectivity index (χ3v) is 7.04. The highest BCUT2D eigenvalue weighted by atomic mass is 32.2. The Kier molecular flexibility index (Phi) is 11.7. The van der Waals surface area contributed by atoms with Crippen LogP contribution in [0.25, 0.3) is 0 Å². The van der Waals surface area contributed by atoms with Gasteiger partial charge < -0.3 is 19.3 Å². The summed E-state index contributed by atoms with van der Waals surface area (Å²) < 4.78 is 18.3. The number of thioether (sulfide) groups is 1. The highest BCUT2D eigenvalue weighted by Gasteiger charge is 2.22. The fourth-order valence-electron chi connectivity index (χ4n) is 3.56. The van der Waals surface area contributed by atoms with E-state index >= 15 is 0 Å². The fourth-order valence-corrected chi connectivity index (χ4v) is 4.79. The molecule has 3 rings (SSSR count). The van der Waals surface area contributed by atoms with Crippen LogP contribution in [0.4, 0.5) is 0 Å². The molecule has 0 aromatic heterocycles. The number of nitrogens with zero attached hydrogens (tertiary/aromatic N) is 1. The second-order valence-electron chi connectivity index (χ2n) is 8.19. The number of benzene rings is 2. The molecule has 2 aromatic carbocycles. The Hall–Kier alpha value is -3.14. The molecule has 0 saturated heterocycles. The summed E-state index contributed by atoms with van der Waals surface area (Å²) in [6.07, 6.45) is 4.65.